The van der Waals surface area contributed by atoms with Crippen molar-refractivity contribution in [2.45, 2.75) is 32.3 Å². The Morgan fingerprint density at radius 2 is 1.93 bits per heavy atom. The van der Waals surface area contributed by atoms with Crippen LogP contribution < -0.4 is 0 Å². The largest absolute Gasteiger partial charge is 0.393 e. The van der Waals surface area contributed by atoms with Crippen LogP contribution in [-0.2, 0) is 12.3 Å². The summed E-state index contributed by atoms with van der Waals surface area (Å²) in [4.78, 5) is 3.99. The maximum atomic E-state index is 12.3. The molecule has 1 aromatic rings. The lowest BCUT2D eigenvalue weighted by atomic mass is 10.0. The maximum Gasteiger partial charge on any atom is 0.393 e. The first kappa shape index (κ1) is 12.3. The van der Waals surface area contributed by atoms with Crippen molar-refractivity contribution in [1.29, 1.82) is 0 Å². The van der Waals surface area contributed by atoms with Gasteiger partial charge in [-0.15, -0.1) is 11.6 Å². The van der Waals surface area contributed by atoms with Gasteiger partial charge in [0.25, 0.3) is 0 Å². The van der Waals surface area contributed by atoms with Crippen molar-refractivity contribution in [2.75, 3.05) is 0 Å². The first-order chi connectivity index (χ1) is 6.85. The van der Waals surface area contributed by atoms with Crippen molar-refractivity contribution in [3.63, 3.8) is 0 Å². The van der Waals surface area contributed by atoms with E-state index in [9.17, 15) is 13.2 Å². The van der Waals surface area contributed by atoms with Crippen molar-refractivity contribution < 1.29 is 13.2 Å². The van der Waals surface area contributed by atoms with Crippen molar-refractivity contribution in [3.8, 4) is 0 Å². The second-order valence-corrected chi connectivity index (χ2v) is 3.68. The number of hydrogen-bond acceptors (Lipinski definition) is 1. The third kappa shape index (κ3) is 3.09. The zero-order valence-electron chi connectivity index (χ0n) is 8.45. The van der Waals surface area contributed by atoms with Gasteiger partial charge in [0.15, 0.2) is 0 Å². The molecule has 0 unspecified atom stereocenters. The van der Waals surface area contributed by atoms with Crippen LogP contribution in [0.1, 0.15) is 22.4 Å². The quantitative estimate of drug-likeness (QED) is 0.717. The van der Waals surface area contributed by atoms with Crippen LogP contribution in [0.2, 0.25) is 0 Å². The third-order valence-corrected chi connectivity index (χ3v) is 2.53. The summed E-state index contributed by atoms with van der Waals surface area (Å²) in [6, 6.07) is 0. The smallest absolute Gasteiger partial charge is 0.259 e. The Morgan fingerprint density at radius 3 is 2.40 bits per heavy atom. The number of rotatable bonds is 2. The van der Waals surface area contributed by atoms with E-state index in [1.54, 1.807) is 13.8 Å². The highest BCUT2D eigenvalue weighted by atomic mass is 35.5. The zero-order chi connectivity index (χ0) is 11.6. The number of aryl methyl sites for hydroxylation is 1. The molecule has 0 aliphatic heterocycles. The number of nitrogens with zero attached hydrogens (tertiary/aromatic N) is 1. The summed E-state index contributed by atoms with van der Waals surface area (Å²) in [7, 11) is 0. The van der Waals surface area contributed by atoms with E-state index >= 15 is 0 Å². The Kier molecular flexibility index (Phi) is 3.60. The monoisotopic (exact) mass is 237 g/mol. The van der Waals surface area contributed by atoms with Gasteiger partial charge < -0.3 is 0 Å². The fraction of sp³-hybridized carbons (Fsp3) is 0.500. The average Bonchev–Trinajstić information content (AvgIpc) is 2.11. The molecular weight excluding hydrogens is 227 g/mol. The highest BCUT2D eigenvalue weighted by Gasteiger charge is 2.29. The van der Waals surface area contributed by atoms with E-state index in [0.717, 1.165) is 0 Å². The molecule has 15 heavy (non-hydrogen) atoms. The highest BCUT2D eigenvalue weighted by molar-refractivity contribution is 6.17. The molecule has 1 nitrogen and oxygen atoms in total. The van der Waals surface area contributed by atoms with Crippen LogP contribution in [0.3, 0.4) is 0 Å². The first-order valence-corrected chi connectivity index (χ1v) is 4.95. The summed E-state index contributed by atoms with van der Waals surface area (Å²) in [5.41, 5.74) is 1.90. The standard InChI is InChI=1S/C10H11ClF3N/c1-6-5-15-9(4-11)7(2)8(6)3-10(12,13)14/h5H,3-4H2,1-2H3. The van der Waals surface area contributed by atoms with Crippen LogP contribution in [0.5, 0.6) is 0 Å². The molecule has 1 rings (SSSR count). The Balaban J connectivity index is 3.15. The number of hydrogen-bond donors (Lipinski definition) is 0. The Hall–Kier alpha value is -0.770. The molecule has 0 fully saturated rings. The summed E-state index contributed by atoms with van der Waals surface area (Å²) in [6.07, 6.45) is -3.68. The Morgan fingerprint density at radius 1 is 1.33 bits per heavy atom. The predicted octanol–water partition coefficient (Wildman–Crippen LogP) is 3.54. The SMILES string of the molecule is Cc1cnc(CCl)c(C)c1CC(F)(F)F. The minimum atomic E-state index is -4.19. The van der Waals surface area contributed by atoms with E-state index in [0.29, 0.717) is 16.8 Å². The van der Waals surface area contributed by atoms with Crippen molar-refractivity contribution >= 4 is 11.6 Å². The van der Waals surface area contributed by atoms with Crippen LogP contribution in [-0.4, -0.2) is 11.2 Å². The van der Waals surface area contributed by atoms with Gasteiger partial charge in [-0.25, -0.2) is 0 Å². The summed E-state index contributed by atoms with van der Waals surface area (Å²) in [5, 5.41) is 0. The summed E-state index contributed by atoms with van der Waals surface area (Å²) < 4.78 is 36.9. The molecule has 0 spiro atoms. The molecule has 5 heteroatoms. The molecule has 0 atom stereocenters. The number of halogens is 4. The fourth-order valence-electron chi connectivity index (χ4n) is 1.43. The molecular formula is C10H11ClF3N. The maximum absolute atomic E-state index is 12.3. The molecule has 0 N–H and O–H groups in total. The molecule has 0 amide bonds. The van der Waals surface area contributed by atoms with Gasteiger partial charge in [-0.2, -0.15) is 13.2 Å². The van der Waals surface area contributed by atoms with Crippen LogP contribution in [0.4, 0.5) is 13.2 Å². The lowest BCUT2D eigenvalue weighted by Crippen LogP contribution is -2.15. The van der Waals surface area contributed by atoms with Gasteiger partial charge >= 0.3 is 6.18 Å². The van der Waals surface area contributed by atoms with Crippen LogP contribution in [0, 0.1) is 13.8 Å². The van der Waals surface area contributed by atoms with E-state index in [1.807, 2.05) is 0 Å². The topological polar surface area (TPSA) is 12.9 Å². The third-order valence-electron chi connectivity index (χ3n) is 2.28. The molecule has 0 radical (unpaired) electrons. The average molecular weight is 238 g/mol. The van der Waals surface area contributed by atoms with Gasteiger partial charge in [0.2, 0.25) is 0 Å². The molecule has 1 aromatic heterocycles. The van der Waals surface area contributed by atoms with Crippen molar-refractivity contribution in [2.24, 2.45) is 0 Å². The van der Waals surface area contributed by atoms with Gasteiger partial charge in [-0.05, 0) is 30.5 Å². The summed E-state index contributed by atoms with van der Waals surface area (Å²) in [5.74, 6) is 0.136. The van der Waals surface area contributed by atoms with Gasteiger partial charge in [0.1, 0.15) is 0 Å². The molecule has 0 saturated heterocycles. The van der Waals surface area contributed by atoms with Crippen LogP contribution in [0.15, 0.2) is 6.20 Å². The van der Waals surface area contributed by atoms with Crippen molar-refractivity contribution in [3.05, 3.63) is 28.6 Å². The lowest BCUT2D eigenvalue weighted by Gasteiger charge is -2.14. The Bertz CT molecular complexity index is 360. The molecule has 0 aromatic carbocycles. The van der Waals surface area contributed by atoms with E-state index < -0.39 is 12.6 Å². The molecule has 0 aliphatic carbocycles. The zero-order valence-corrected chi connectivity index (χ0v) is 9.21. The summed E-state index contributed by atoms with van der Waals surface area (Å²) in [6.45, 7) is 3.25. The predicted molar refractivity (Wildman–Crippen MR) is 53.0 cm³/mol. The highest BCUT2D eigenvalue weighted by Crippen LogP contribution is 2.26. The van der Waals surface area contributed by atoms with Crippen molar-refractivity contribution in [1.82, 2.24) is 4.98 Å². The fourth-order valence-corrected chi connectivity index (χ4v) is 1.70. The van der Waals surface area contributed by atoms with E-state index in [4.69, 9.17) is 11.6 Å². The van der Waals surface area contributed by atoms with Gasteiger partial charge in [0, 0.05) is 6.20 Å². The Labute approximate surface area is 91.3 Å². The van der Waals surface area contributed by atoms with Gasteiger partial charge in [0.05, 0.1) is 18.0 Å². The van der Waals surface area contributed by atoms with Gasteiger partial charge in [-0.1, -0.05) is 0 Å². The molecule has 1 heterocycles. The van der Waals surface area contributed by atoms with Crippen LogP contribution in [0.25, 0.3) is 0 Å². The van der Waals surface area contributed by atoms with Gasteiger partial charge in [-0.3, -0.25) is 4.98 Å². The normalized spacial score (nSPS) is 11.9. The van der Waals surface area contributed by atoms with E-state index in [-0.39, 0.29) is 11.4 Å². The molecule has 0 aliphatic rings. The lowest BCUT2D eigenvalue weighted by molar-refractivity contribution is -0.127. The second-order valence-electron chi connectivity index (χ2n) is 3.42. The number of aromatic nitrogens is 1. The minimum absolute atomic E-state index is 0.136. The molecule has 0 bridgehead atoms. The summed E-state index contributed by atoms with van der Waals surface area (Å²) >= 11 is 5.58. The van der Waals surface area contributed by atoms with E-state index in [2.05, 4.69) is 4.98 Å². The van der Waals surface area contributed by atoms with E-state index in [1.165, 1.54) is 6.20 Å². The second kappa shape index (κ2) is 4.39. The number of alkyl halides is 4. The minimum Gasteiger partial charge on any atom is -0.259 e. The molecule has 84 valence electrons. The first-order valence-electron chi connectivity index (χ1n) is 4.42. The number of pyridine rings is 1. The van der Waals surface area contributed by atoms with Crippen LogP contribution >= 0.6 is 11.6 Å². The molecule has 0 saturated carbocycles.